The lowest BCUT2D eigenvalue weighted by atomic mass is 10.1. The number of rotatable bonds is 6. The van der Waals surface area contributed by atoms with Gasteiger partial charge in [-0.25, -0.2) is 4.39 Å². The molecule has 0 fully saturated rings. The van der Waals surface area contributed by atoms with Crippen molar-refractivity contribution in [2.24, 2.45) is 0 Å². The number of hydrogen-bond acceptors (Lipinski definition) is 3. The van der Waals surface area contributed by atoms with Crippen molar-refractivity contribution in [3.05, 3.63) is 54.0 Å². The van der Waals surface area contributed by atoms with Gasteiger partial charge in [0.05, 0.1) is 11.8 Å². The predicted molar refractivity (Wildman–Crippen MR) is 85.9 cm³/mol. The SMILES string of the molecule is CC(O)CCC/C=C/c1ccc(-c2ccc(O)cc2F)nc1. The maximum atomic E-state index is 13.8. The molecule has 1 aromatic heterocycles. The molecule has 0 saturated heterocycles. The molecule has 2 rings (SSSR count). The number of unbranched alkanes of at least 4 members (excludes halogenated alkanes) is 1. The van der Waals surface area contributed by atoms with Crippen molar-refractivity contribution >= 4 is 6.08 Å². The van der Waals surface area contributed by atoms with E-state index >= 15 is 0 Å². The summed E-state index contributed by atoms with van der Waals surface area (Å²) in [5, 5.41) is 18.4. The summed E-state index contributed by atoms with van der Waals surface area (Å²) in [5.74, 6) is -0.591. The Morgan fingerprint density at radius 2 is 2.09 bits per heavy atom. The first kappa shape index (κ1) is 16.2. The summed E-state index contributed by atoms with van der Waals surface area (Å²) in [4.78, 5) is 4.25. The maximum absolute atomic E-state index is 13.8. The van der Waals surface area contributed by atoms with Crippen LogP contribution < -0.4 is 0 Å². The first-order valence-corrected chi connectivity index (χ1v) is 7.36. The zero-order valence-corrected chi connectivity index (χ0v) is 12.5. The molecule has 0 radical (unpaired) electrons. The zero-order chi connectivity index (χ0) is 15.9. The van der Waals surface area contributed by atoms with E-state index in [1.165, 1.54) is 12.1 Å². The van der Waals surface area contributed by atoms with Gasteiger partial charge in [0.1, 0.15) is 11.6 Å². The Kier molecular flexibility index (Phi) is 5.67. The van der Waals surface area contributed by atoms with Crippen LogP contribution in [-0.4, -0.2) is 21.3 Å². The Morgan fingerprint density at radius 3 is 2.73 bits per heavy atom. The molecule has 0 bridgehead atoms. The van der Waals surface area contributed by atoms with E-state index in [1.54, 1.807) is 19.2 Å². The summed E-state index contributed by atoms with van der Waals surface area (Å²) < 4.78 is 13.8. The molecule has 0 saturated carbocycles. The normalized spacial score (nSPS) is 12.7. The molecule has 116 valence electrons. The highest BCUT2D eigenvalue weighted by Gasteiger charge is 2.06. The standard InChI is InChI=1S/C18H20FNO2/c1-13(21)5-3-2-4-6-14-7-10-18(20-12-14)16-9-8-15(22)11-17(16)19/h4,6-13,21-22H,2-3,5H2,1H3/b6-4+. The van der Waals surface area contributed by atoms with Crippen LogP contribution in [0.3, 0.4) is 0 Å². The molecule has 2 aromatic rings. The van der Waals surface area contributed by atoms with Crippen LogP contribution in [0, 0.1) is 5.82 Å². The average Bonchev–Trinajstić information content (AvgIpc) is 2.47. The van der Waals surface area contributed by atoms with Gasteiger partial charge in [0, 0.05) is 17.8 Å². The van der Waals surface area contributed by atoms with Gasteiger partial charge in [0.25, 0.3) is 0 Å². The molecule has 1 unspecified atom stereocenters. The van der Waals surface area contributed by atoms with Crippen molar-refractivity contribution in [3.8, 4) is 17.0 Å². The third kappa shape index (κ3) is 4.67. The van der Waals surface area contributed by atoms with Crippen molar-refractivity contribution in [2.75, 3.05) is 0 Å². The number of aliphatic hydroxyl groups is 1. The second-order valence-corrected chi connectivity index (χ2v) is 5.32. The fourth-order valence-electron chi connectivity index (χ4n) is 2.13. The zero-order valence-electron chi connectivity index (χ0n) is 12.5. The van der Waals surface area contributed by atoms with E-state index in [1.807, 2.05) is 18.2 Å². The molecule has 0 aliphatic carbocycles. The fourth-order valence-corrected chi connectivity index (χ4v) is 2.13. The molecule has 22 heavy (non-hydrogen) atoms. The van der Waals surface area contributed by atoms with Crippen LogP contribution in [0.1, 0.15) is 31.7 Å². The lowest BCUT2D eigenvalue weighted by Crippen LogP contribution is -1.97. The summed E-state index contributed by atoms with van der Waals surface area (Å²) >= 11 is 0. The van der Waals surface area contributed by atoms with E-state index in [9.17, 15) is 9.50 Å². The lowest BCUT2D eigenvalue weighted by Gasteiger charge is -2.04. The van der Waals surface area contributed by atoms with Crippen molar-refractivity contribution in [3.63, 3.8) is 0 Å². The Labute approximate surface area is 129 Å². The summed E-state index contributed by atoms with van der Waals surface area (Å²) in [6.07, 6.45) is 8.08. The number of halogens is 1. The molecular formula is C18H20FNO2. The quantitative estimate of drug-likeness (QED) is 0.788. The highest BCUT2D eigenvalue weighted by Crippen LogP contribution is 2.24. The van der Waals surface area contributed by atoms with Crippen molar-refractivity contribution in [1.82, 2.24) is 4.98 Å². The molecule has 1 heterocycles. The number of aromatic nitrogens is 1. The third-order valence-corrected chi connectivity index (χ3v) is 3.32. The average molecular weight is 301 g/mol. The van der Waals surface area contributed by atoms with E-state index in [4.69, 9.17) is 5.11 Å². The number of aromatic hydroxyl groups is 1. The minimum absolute atomic E-state index is 0.0991. The molecule has 1 aromatic carbocycles. The van der Waals surface area contributed by atoms with Crippen LogP contribution >= 0.6 is 0 Å². The Balaban J connectivity index is 1.99. The number of phenols is 1. The first-order valence-electron chi connectivity index (χ1n) is 7.36. The predicted octanol–water partition coefficient (Wildman–Crippen LogP) is 4.16. The molecule has 0 aliphatic rings. The highest BCUT2D eigenvalue weighted by atomic mass is 19.1. The number of benzene rings is 1. The molecule has 3 nitrogen and oxygen atoms in total. The minimum atomic E-state index is -0.492. The van der Waals surface area contributed by atoms with Crippen LogP contribution in [0.2, 0.25) is 0 Å². The number of nitrogens with zero attached hydrogens (tertiary/aromatic N) is 1. The summed E-state index contributed by atoms with van der Waals surface area (Å²) in [5.41, 5.74) is 1.84. The van der Waals surface area contributed by atoms with E-state index < -0.39 is 5.82 Å². The van der Waals surface area contributed by atoms with Gasteiger partial charge in [0.15, 0.2) is 0 Å². The molecule has 0 amide bonds. The van der Waals surface area contributed by atoms with E-state index in [0.717, 1.165) is 30.9 Å². The summed E-state index contributed by atoms with van der Waals surface area (Å²) in [6, 6.07) is 7.66. The van der Waals surface area contributed by atoms with Gasteiger partial charge in [-0.1, -0.05) is 18.2 Å². The molecule has 4 heteroatoms. The molecule has 1 atom stereocenters. The van der Waals surface area contributed by atoms with Crippen molar-refractivity contribution in [1.29, 1.82) is 0 Å². The highest BCUT2D eigenvalue weighted by molar-refractivity contribution is 5.62. The molecule has 0 aliphatic heterocycles. The van der Waals surface area contributed by atoms with Gasteiger partial charge < -0.3 is 10.2 Å². The number of phenolic OH excluding ortho intramolecular Hbond substituents is 1. The van der Waals surface area contributed by atoms with Crippen LogP contribution in [0.5, 0.6) is 5.75 Å². The first-order chi connectivity index (χ1) is 10.6. The lowest BCUT2D eigenvalue weighted by molar-refractivity contribution is 0.182. The van der Waals surface area contributed by atoms with Crippen molar-refractivity contribution in [2.45, 2.75) is 32.3 Å². The van der Waals surface area contributed by atoms with Crippen molar-refractivity contribution < 1.29 is 14.6 Å². The monoisotopic (exact) mass is 301 g/mol. The topological polar surface area (TPSA) is 53.4 Å². The number of allylic oxidation sites excluding steroid dienone is 1. The Bertz CT molecular complexity index is 636. The van der Waals surface area contributed by atoms with E-state index in [2.05, 4.69) is 4.98 Å². The molecule has 0 spiro atoms. The van der Waals surface area contributed by atoms with Gasteiger partial charge in [-0.2, -0.15) is 0 Å². The minimum Gasteiger partial charge on any atom is -0.508 e. The Hall–Kier alpha value is -2.20. The van der Waals surface area contributed by atoms with Gasteiger partial charge in [-0.05, 0) is 49.9 Å². The molecular weight excluding hydrogens is 281 g/mol. The number of hydrogen-bond donors (Lipinski definition) is 2. The van der Waals surface area contributed by atoms with Crippen LogP contribution in [0.4, 0.5) is 4.39 Å². The van der Waals surface area contributed by atoms with Gasteiger partial charge in [0.2, 0.25) is 0 Å². The fraction of sp³-hybridized carbons (Fsp3) is 0.278. The number of pyridine rings is 1. The van der Waals surface area contributed by atoms with Crippen LogP contribution in [-0.2, 0) is 0 Å². The Morgan fingerprint density at radius 1 is 1.27 bits per heavy atom. The largest absolute Gasteiger partial charge is 0.508 e. The van der Waals surface area contributed by atoms with Gasteiger partial charge >= 0.3 is 0 Å². The van der Waals surface area contributed by atoms with Gasteiger partial charge in [-0.3, -0.25) is 4.98 Å². The van der Waals surface area contributed by atoms with Crippen LogP contribution in [0.25, 0.3) is 17.3 Å². The molecule has 2 N–H and O–H groups in total. The summed E-state index contributed by atoms with van der Waals surface area (Å²) in [6.45, 7) is 1.79. The second-order valence-electron chi connectivity index (χ2n) is 5.32. The third-order valence-electron chi connectivity index (χ3n) is 3.32. The van der Waals surface area contributed by atoms with E-state index in [-0.39, 0.29) is 11.9 Å². The van der Waals surface area contributed by atoms with E-state index in [0.29, 0.717) is 11.3 Å². The maximum Gasteiger partial charge on any atom is 0.136 e. The smallest absolute Gasteiger partial charge is 0.136 e. The summed E-state index contributed by atoms with van der Waals surface area (Å²) in [7, 11) is 0. The number of aliphatic hydroxyl groups excluding tert-OH is 1. The second kappa shape index (κ2) is 7.71. The van der Waals surface area contributed by atoms with Crippen LogP contribution in [0.15, 0.2) is 42.6 Å². The van der Waals surface area contributed by atoms with Gasteiger partial charge in [-0.15, -0.1) is 0 Å².